The van der Waals surface area contributed by atoms with Crippen molar-refractivity contribution < 1.29 is 14.6 Å². The van der Waals surface area contributed by atoms with Crippen molar-refractivity contribution in [2.24, 2.45) is 0 Å². The number of phenolic OH excluding ortho intramolecular Hbond substituents is 1. The average Bonchev–Trinajstić information content (AvgIpc) is 2.48. The first-order valence-corrected chi connectivity index (χ1v) is 6.88. The zero-order valence-electron chi connectivity index (χ0n) is 10.7. The zero-order valence-corrected chi connectivity index (χ0v) is 12.3. The molecule has 1 amide bonds. The Morgan fingerprint density at radius 2 is 2.15 bits per heavy atom. The molecule has 6 heteroatoms. The van der Waals surface area contributed by atoms with E-state index in [0.717, 1.165) is 4.47 Å². The number of halogens is 1. The summed E-state index contributed by atoms with van der Waals surface area (Å²) in [6.45, 7) is 1.91. The minimum Gasteiger partial charge on any atom is -0.507 e. The molecule has 0 aliphatic carbocycles. The van der Waals surface area contributed by atoms with Gasteiger partial charge < -0.3 is 14.7 Å². The number of phenols is 1. The summed E-state index contributed by atoms with van der Waals surface area (Å²) in [4.78, 5) is 13.8. The van der Waals surface area contributed by atoms with E-state index in [0.29, 0.717) is 31.9 Å². The quantitative estimate of drug-likeness (QED) is 0.661. The van der Waals surface area contributed by atoms with E-state index in [2.05, 4.69) is 15.9 Å². The number of rotatable bonds is 2. The van der Waals surface area contributed by atoms with Gasteiger partial charge in [0.2, 0.25) is 0 Å². The highest BCUT2D eigenvalue weighted by Crippen LogP contribution is 2.24. The standard InChI is InChI=1S/C14H13BrN2O3/c15-12-1-2-13(18)10(8-12)7-11(9-16)14(19)17-3-5-20-6-4-17/h1-2,7-8,18H,3-6H2/b11-7-. The summed E-state index contributed by atoms with van der Waals surface area (Å²) in [5.41, 5.74) is 0.429. The van der Waals surface area contributed by atoms with Gasteiger partial charge in [-0.2, -0.15) is 5.26 Å². The zero-order chi connectivity index (χ0) is 14.5. The Bertz CT molecular complexity index is 587. The first kappa shape index (κ1) is 14.6. The van der Waals surface area contributed by atoms with Gasteiger partial charge in [0.25, 0.3) is 5.91 Å². The minimum atomic E-state index is -0.338. The van der Waals surface area contributed by atoms with E-state index in [1.165, 1.54) is 12.1 Å². The van der Waals surface area contributed by atoms with E-state index < -0.39 is 0 Å². The van der Waals surface area contributed by atoms with Crippen LogP contribution in [0.3, 0.4) is 0 Å². The first-order chi connectivity index (χ1) is 9.61. The molecule has 2 rings (SSSR count). The Kier molecular flexibility index (Phi) is 4.77. The van der Waals surface area contributed by atoms with Crippen molar-refractivity contribution in [2.75, 3.05) is 26.3 Å². The summed E-state index contributed by atoms with van der Waals surface area (Å²) in [5.74, 6) is -0.314. The van der Waals surface area contributed by atoms with Gasteiger partial charge in [0, 0.05) is 23.1 Å². The maximum atomic E-state index is 12.2. The molecule has 1 aliphatic heterocycles. The van der Waals surface area contributed by atoms with Crippen LogP contribution in [0.25, 0.3) is 6.08 Å². The highest BCUT2D eigenvalue weighted by atomic mass is 79.9. The van der Waals surface area contributed by atoms with Crippen LogP contribution in [0.2, 0.25) is 0 Å². The topological polar surface area (TPSA) is 73.6 Å². The SMILES string of the molecule is N#C/C(=C/c1cc(Br)ccc1O)C(=O)N1CCOCC1. The van der Waals surface area contributed by atoms with E-state index in [1.54, 1.807) is 17.0 Å². The molecular weight excluding hydrogens is 324 g/mol. The third-order valence-corrected chi connectivity index (χ3v) is 3.43. The fourth-order valence-corrected chi connectivity index (χ4v) is 2.25. The third-order valence-electron chi connectivity index (χ3n) is 2.94. The van der Waals surface area contributed by atoms with Crippen LogP contribution < -0.4 is 0 Å². The molecule has 1 saturated heterocycles. The number of amides is 1. The Morgan fingerprint density at radius 1 is 1.45 bits per heavy atom. The number of hydrogen-bond donors (Lipinski definition) is 1. The van der Waals surface area contributed by atoms with Gasteiger partial charge in [0.05, 0.1) is 13.2 Å². The summed E-state index contributed by atoms with van der Waals surface area (Å²) in [6, 6.07) is 6.74. The van der Waals surface area contributed by atoms with Gasteiger partial charge in [-0.25, -0.2) is 0 Å². The fraction of sp³-hybridized carbons (Fsp3) is 0.286. The second-order valence-electron chi connectivity index (χ2n) is 4.28. The molecule has 1 heterocycles. The van der Waals surface area contributed by atoms with Crippen LogP contribution in [0.5, 0.6) is 5.75 Å². The van der Waals surface area contributed by atoms with E-state index in [4.69, 9.17) is 10.00 Å². The van der Waals surface area contributed by atoms with Crippen LogP contribution >= 0.6 is 15.9 Å². The smallest absolute Gasteiger partial charge is 0.264 e. The number of nitriles is 1. The van der Waals surface area contributed by atoms with Gasteiger partial charge >= 0.3 is 0 Å². The molecule has 1 aliphatic rings. The second-order valence-corrected chi connectivity index (χ2v) is 5.19. The lowest BCUT2D eigenvalue weighted by Crippen LogP contribution is -2.41. The predicted octanol–water partition coefficient (Wildman–Crippen LogP) is 1.92. The molecule has 104 valence electrons. The number of carbonyl (C=O) groups excluding carboxylic acids is 1. The number of nitrogens with zero attached hydrogens (tertiary/aromatic N) is 2. The largest absolute Gasteiger partial charge is 0.507 e. The molecule has 5 nitrogen and oxygen atoms in total. The maximum absolute atomic E-state index is 12.2. The van der Waals surface area contributed by atoms with E-state index >= 15 is 0 Å². The van der Waals surface area contributed by atoms with Crippen molar-refractivity contribution in [1.29, 1.82) is 5.26 Å². The van der Waals surface area contributed by atoms with E-state index in [1.807, 2.05) is 6.07 Å². The Labute approximate surface area is 125 Å². The molecule has 1 aromatic rings. The lowest BCUT2D eigenvalue weighted by atomic mass is 10.1. The number of ether oxygens (including phenoxy) is 1. The minimum absolute atomic E-state index is 0.000278. The molecule has 0 aromatic heterocycles. The van der Waals surface area contributed by atoms with Crippen LogP contribution in [0.4, 0.5) is 0 Å². The van der Waals surface area contributed by atoms with E-state index in [9.17, 15) is 9.90 Å². The molecule has 1 N–H and O–H groups in total. The number of hydrogen-bond acceptors (Lipinski definition) is 4. The number of carbonyl (C=O) groups is 1. The fourth-order valence-electron chi connectivity index (χ4n) is 1.88. The van der Waals surface area contributed by atoms with Crippen molar-refractivity contribution >= 4 is 27.9 Å². The van der Waals surface area contributed by atoms with Crippen molar-refractivity contribution in [3.05, 3.63) is 33.8 Å². The summed E-state index contributed by atoms with van der Waals surface area (Å²) in [7, 11) is 0. The molecule has 0 spiro atoms. The van der Waals surface area contributed by atoms with Gasteiger partial charge in [-0.05, 0) is 24.3 Å². The normalized spacial score (nSPS) is 15.8. The van der Waals surface area contributed by atoms with Crippen molar-refractivity contribution in [1.82, 2.24) is 4.90 Å². The lowest BCUT2D eigenvalue weighted by molar-refractivity contribution is -0.130. The van der Waals surface area contributed by atoms with Crippen LogP contribution in [0, 0.1) is 11.3 Å². The third kappa shape index (κ3) is 3.38. The molecule has 1 aromatic carbocycles. The molecule has 0 atom stereocenters. The molecule has 0 bridgehead atoms. The van der Waals surface area contributed by atoms with Crippen molar-refractivity contribution in [3.8, 4) is 11.8 Å². The van der Waals surface area contributed by atoms with Gasteiger partial charge in [-0.15, -0.1) is 0 Å². The highest BCUT2D eigenvalue weighted by Gasteiger charge is 2.20. The lowest BCUT2D eigenvalue weighted by Gasteiger charge is -2.26. The predicted molar refractivity (Wildman–Crippen MR) is 76.8 cm³/mol. The van der Waals surface area contributed by atoms with Gasteiger partial charge in [0.15, 0.2) is 0 Å². The number of aromatic hydroxyl groups is 1. The first-order valence-electron chi connectivity index (χ1n) is 6.09. The molecule has 0 saturated carbocycles. The Hall–Kier alpha value is -1.84. The van der Waals surface area contributed by atoms with Crippen molar-refractivity contribution in [3.63, 3.8) is 0 Å². The van der Waals surface area contributed by atoms with Crippen LogP contribution in [-0.2, 0) is 9.53 Å². The van der Waals surface area contributed by atoms with Crippen LogP contribution in [-0.4, -0.2) is 42.2 Å². The molecule has 20 heavy (non-hydrogen) atoms. The van der Waals surface area contributed by atoms with Crippen LogP contribution in [0.1, 0.15) is 5.56 Å². The Balaban J connectivity index is 2.27. The second kappa shape index (κ2) is 6.55. The number of benzene rings is 1. The summed E-state index contributed by atoms with van der Waals surface area (Å²) in [5, 5.41) is 18.9. The average molecular weight is 337 g/mol. The van der Waals surface area contributed by atoms with E-state index in [-0.39, 0.29) is 17.2 Å². The van der Waals surface area contributed by atoms with Gasteiger partial charge in [0.1, 0.15) is 17.4 Å². The monoisotopic (exact) mass is 336 g/mol. The van der Waals surface area contributed by atoms with Crippen molar-refractivity contribution in [2.45, 2.75) is 0 Å². The summed E-state index contributed by atoms with van der Waals surface area (Å²) >= 11 is 3.29. The Morgan fingerprint density at radius 3 is 2.80 bits per heavy atom. The summed E-state index contributed by atoms with van der Waals surface area (Å²) in [6.07, 6.45) is 1.40. The molecule has 0 radical (unpaired) electrons. The highest BCUT2D eigenvalue weighted by molar-refractivity contribution is 9.10. The van der Waals surface area contributed by atoms with Crippen LogP contribution in [0.15, 0.2) is 28.2 Å². The summed E-state index contributed by atoms with van der Waals surface area (Å²) < 4.78 is 5.94. The molecule has 0 unspecified atom stereocenters. The maximum Gasteiger partial charge on any atom is 0.264 e. The number of morpholine rings is 1. The molecular formula is C14H13BrN2O3. The molecule has 1 fully saturated rings. The van der Waals surface area contributed by atoms with Gasteiger partial charge in [-0.1, -0.05) is 15.9 Å². The van der Waals surface area contributed by atoms with Gasteiger partial charge in [-0.3, -0.25) is 4.79 Å².